The van der Waals surface area contributed by atoms with Crippen molar-refractivity contribution in [3.63, 3.8) is 0 Å². The van der Waals surface area contributed by atoms with Crippen LogP contribution in [0.15, 0.2) is 218 Å². The lowest BCUT2D eigenvalue weighted by Crippen LogP contribution is -2.40. The van der Waals surface area contributed by atoms with Crippen LogP contribution in [-0.4, -0.2) is 4.57 Å². The van der Waals surface area contributed by atoms with Gasteiger partial charge in [0.15, 0.2) is 0 Å². The summed E-state index contributed by atoms with van der Waals surface area (Å²) in [6.45, 7) is 4.77. The van der Waals surface area contributed by atoms with Crippen molar-refractivity contribution in [1.82, 2.24) is 4.57 Å². The van der Waals surface area contributed by atoms with Crippen LogP contribution in [0.2, 0.25) is 0 Å². The molecule has 0 radical (unpaired) electrons. The Morgan fingerprint density at radius 3 is 1.63 bits per heavy atom. The average molecular weight is 767 g/mol. The van der Waals surface area contributed by atoms with Crippen LogP contribution in [0.25, 0.3) is 49.7 Å². The van der Waals surface area contributed by atoms with Crippen molar-refractivity contribution < 1.29 is 0 Å². The van der Waals surface area contributed by atoms with Crippen LogP contribution in [0.1, 0.15) is 47.2 Å². The van der Waals surface area contributed by atoms with Gasteiger partial charge in [-0.05, 0) is 116 Å². The molecule has 284 valence electrons. The summed E-state index contributed by atoms with van der Waals surface area (Å²) in [5.41, 5.74) is 19.5. The minimum atomic E-state index is -0.441. The Balaban J connectivity index is 1.12. The quantitative estimate of drug-likeness (QED) is 0.169. The lowest BCUT2D eigenvalue weighted by Gasteiger charge is -2.46. The normalized spacial score (nSPS) is 14.1. The molecule has 0 unspecified atom stereocenters. The first kappa shape index (κ1) is 34.6. The maximum absolute atomic E-state index is 2.46. The predicted octanol–water partition coefficient (Wildman–Crippen LogP) is 14.9. The van der Waals surface area contributed by atoms with E-state index in [-0.39, 0.29) is 5.41 Å². The van der Waals surface area contributed by atoms with Gasteiger partial charge in [0.05, 0.1) is 16.4 Å². The third-order valence-electron chi connectivity index (χ3n) is 13.4. The molecule has 0 amide bonds. The second kappa shape index (κ2) is 13.0. The Kier molecular flexibility index (Phi) is 7.52. The molecule has 0 aliphatic heterocycles. The molecule has 1 aromatic heterocycles. The molecule has 12 rings (SSSR count). The number of para-hydroxylation sites is 2. The molecule has 0 fully saturated rings. The van der Waals surface area contributed by atoms with Crippen molar-refractivity contribution in [2.24, 2.45) is 0 Å². The van der Waals surface area contributed by atoms with Gasteiger partial charge >= 0.3 is 0 Å². The van der Waals surface area contributed by atoms with Crippen LogP contribution in [0.4, 0.5) is 17.1 Å². The second-order valence-corrected chi connectivity index (χ2v) is 16.9. The van der Waals surface area contributed by atoms with Crippen LogP contribution in [0.5, 0.6) is 0 Å². The number of fused-ring (bicyclic) bond motifs is 12. The molecule has 0 N–H and O–H groups in total. The second-order valence-electron chi connectivity index (χ2n) is 16.9. The molecule has 0 saturated carbocycles. The zero-order valence-electron chi connectivity index (χ0n) is 33.7. The molecule has 2 aliphatic carbocycles. The van der Waals surface area contributed by atoms with E-state index >= 15 is 0 Å². The number of hydrogen-bond donors (Lipinski definition) is 0. The molecular formula is C58H42N2. The van der Waals surface area contributed by atoms with Gasteiger partial charge < -0.3 is 9.47 Å². The number of aromatic nitrogens is 1. The van der Waals surface area contributed by atoms with Gasteiger partial charge in [0.2, 0.25) is 0 Å². The Morgan fingerprint density at radius 1 is 0.350 bits per heavy atom. The predicted molar refractivity (Wildman–Crippen MR) is 250 cm³/mol. The number of rotatable bonds is 5. The van der Waals surface area contributed by atoms with Gasteiger partial charge in [-0.25, -0.2) is 0 Å². The smallest absolute Gasteiger partial charge is 0.0719 e. The zero-order valence-corrected chi connectivity index (χ0v) is 33.7. The highest BCUT2D eigenvalue weighted by Gasteiger charge is 2.53. The Labute approximate surface area is 351 Å². The maximum atomic E-state index is 2.46. The van der Waals surface area contributed by atoms with Crippen LogP contribution in [-0.2, 0) is 10.8 Å². The van der Waals surface area contributed by atoms with Crippen molar-refractivity contribution in [1.29, 1.82) is 0 Å². The van der Waals surface area contributed by atoms with Gasteiger partial charge in [-0.2, -0.15) is 0 Å². The summed E-state index contributed by atoms with van der Waals surface area (Å²) in [4.78, 5) is 2.46. The number of anilines is 3. The highest BCUT2D eigenvalue weighted by molar-refractivity contribution is 6.11. The van der Waals surface area contributed by atoms with E-state index in [4.69, 9.17) is 0 Å². The van der Waals surface area contributed by atoms with E-state index in [1.165, 1.54) is 77.4 Å². The topological polar surface area (TPSA) is 8.17 Å². The summed E-state index contributed by atoms with van der Waals surface area (Å²) >= 11 is 0. The fraction of sp³-hybridized carbons (Fsp3) is 0.0690. The van der Waals surface area contributed by atoms with Gasteiger partial charge in [0.1, 0.15) is 0 Å². The Morgan fingerprint density at radius 2 is 0.883 bits per heavy atom. The zero-order chi connectivity index (χ0) is 40.0. The van der Waals surface area contributed by atoms with Crippen LogP contribution in [0.3, 0.4) is 0 Å². The summed E-state index contributed by atoms with van der Waals surface area (Å²) in [6.07, 6.45) is 0. The summed E-state index contributed by atoms with van der Waals surface area (Å²) in [5.74, 6) is 0. The third kappa shape index (κ3) is 4.82. The lowest BCUT2D eigenvalue weighted by molar-refractivity contribution is 0.563. The van der Waals surface area contributed by atoms with E-state index < -0.39 is 5.41 Å². The number of benzene rings is 9. The highest BCUT2D eigenvalue weighted by atomic mass is 15.1. The first-order valence-electron chi connectivity index (χ1n) is 21.0. The fourth-order valence-corrected chi connectivity index (χ4v) is 10.8. The summed E-state index contributed by atoms with van der Waals surface area (Å²) in [6, 6.07) is 81.0. The van der Waals surface area contributed by atoms with Crippen LogP contribution in [0, 0.1) is 0 Å². The molecule has 60 heavy (non-hydrogen) atoms. The SMILES string of the molecule is CC1(C)c2ccccc2C2(c3ccccc3-c3cc(N(c4cccc(-c5ccccc5)c4)c4ccc5c(c4)c4ccccc4n5-c4ccccc4)ccc32)c2ccccc21. The molecule has 0 saturated heterocycles. The third-order valence-corrected chi connectivity index (χ3v) is 13.4. The Hall–Kier alpha value is -7.42. The highest BCUT2D eigenvalue weighted by Crippen LogP contribution is 2.62. The van der Waals surface area contributed by atoms with E-state index in [0.29, 0.717) is 0 Å². The average Bonchev–Trinajstić information content (AvgIpc) is 3.79. The summed E-state index contributed by atoms with van der Waals surface area (Å²) in [7, 11) is 0. The molecule has 1 spiro atoms. The minimum absolute atomic E-state index is 0.140. The number of nitrogens with zero attached hydrogens (tertiary/aromatic N) is 2. The fourth-order valence-electron chi connectivity index (χ4n) is 10.8. The molecule has 2 heteroatoms. The van der Waals surface area contributed by atoms with E-state index in [9.17, 15) is 0 Å². The standard InChI is InChI=1S/C58H42N2/c1-57(2)51-27-12-14-29-53(51)58(54-30-15-13-28-52(54)57)49-26-11-9-24-45(49)47-37-43(32-34-50(47)58)59(42-23-17-20-40(36-42)39-18-5-3-6-19-39)44-33-35-56-48(38-44)46-25-10-16-31-55(46)60(56)41-21-7-4-8-22-41/h3-38H,1-2H3. The van der Waals surface area contributed by atoms with Crippen LogP contribution >= 0.6 is 0 Å². The van der Waals surface area contributed by atoms with Gasteiger partial charge in [0.25, 0.3) is 0 Å². The number of hydrogen-bond acceptors (Lipinski definition) is 1. The van der Waals surface area contributed by atoms with Crippen molar-refractivity contribution >= 4 is 38.9 Å². The molecule has 2 aliphatic rings. The molecule has 0 atom stereocenters. The molecule has 9 aromatic carbocycles. The maximum Gasteiger partial charge on any atom is 0.0719 e. The Bertz CT molecular complexity index is 3250. The van der Waals surface area contributed by atoms with Crippen molar-refractivity contribution in [2.45, 2.75) is 24.7 Å². The molecule has 2 nitrogen and oxygen atoms in total. The van der Waals surface area contributed by atoms with E-state index in [2.05, 4.69) is 242 Å². The van der Waals surface area contributed by atoms with E-state index in [1.807, 2.05) is 0 Å². The van der Waals surface area contributed by atoms with E-state index in [0.717, 1.165) is 22.7 Å². The minimum Gasteiger partial charge on any atom is -0.310 e. The van der Waals surface area contributed by atoms with Crippen molar-refractivity contribution in [2.75, 3.05) is 4.90 Å². The largest absolute Gasteiger partial charge is 0.310 e. The molecule has 1 heterocycles. The van der Waals surface area contributed by atoms with Gasteiger partial charge in [-0.3, -0.25) is 0 Å². The van der Waals surface area contributed by atoms with Gasteiger partial charge in [-0.15, -0.1) is 0 Å². The first-order chi connectivity index (χ1) is 29.5. The molecule has 0 bridgehead atoms. The summed E-state index contributed by atoms with van der Waals surface area (Å²) < 4.78 is 2.39. The lowest BCUT2D eigenvalue weighted by atomic mass is 9.55. The van der Waals surface area contributed by atoms with Gasteiger partial charge in [-0.1, -0.05) is 172 Å². The van der Waals surface area contributed by atoms with Crippen molar-refractivity contribution in [3.8, 4) is 27.9 Å². The monoisotopic (exact) mass is 766 g/mol. The first-order valence-corrected chi connectivity index (χ1v) is 21.0. The van der Waals surface area contributed by atoms with Crippen LogP contribution < -0.4 is 4.90 Å². The summed E-state index contributed by atoms with van der Waals surface area (Å²) in [5, 5.41) is 2.46. The molecular weight excluding hydrogens is 725 g/mol. The van der Waals surface area contributed by atoms with E-state index in [1.54, 1.807) is 0 Å². The van der Waals surface area contributed by atoms with Gasteiger partial charge in [0, 0.05) is 38.9 Å². The van der Waals surface area contributed by atoms with Crippen molar-refractivity contribution in [3.05, 3.63) is 252 Å². The molecule has 10 aromatic rings.